The lowest BCUT2D eigenvalue weighted by Crippen LogP contribution is -2.25. The predicted molar refractivity (Wildman–Crippen MR) is 96.3 cm³/mol. The molecule has 0 fully saturated rings. The van der Waals surface area contributed by atoms with Crippen LogP contribution in [0.5, 0.6) is 0 Å². The molecule has 132 valence electrons. The van der Waals surface area contributed by atoms with Crippen LogP contribution in [-0.4, -0.2) is 20.2 Å². The molecule has 0 spiro atoms. The van der Waals surface area contributed by atoms with Crippen LogP contribution in [0.25, 0.3) is 0 Å². The minimum absolute atomic E-state index is 0.618. The number of aliphatic hydroxyl groups is 2. The molecule has 0 aromatic carbocycles. The van der Waals surface area contributed by atoms with Crippen molar-refractivity contribution in [3.63, 3.8) is 0 Å². The lowest BCUT2D eigenvalue weighted by atomic mass is 9.93. The van der Waals surface area contributed by atoms with Crippen molar-refractivity contribution in [3.8, 4) is 0 Å². The second kappa shape index (κ2) is 5.89. The molecular weight excluding hydrogens is 312 g/mol. The van der Waals surface area contributed by atoms with Crippen LogP contribution in [0.15, 0.2) is 24.3 Å². The standard InChI is InChI=1S/C21H26N2O2/c1-3-20(24)11-8-16-6-7-17(23-18(16)20)10-13-21(25)12-9-15-5-4-14(2)22-19(15)21/h4-7,24-25H,3,8-13H2,1-2H3/t20-,21+/m1/s1. The molecular formula is C21H26N2O2. The fourth-order valence-corrected chi connectivity index (χ4v) is 4.30. The van der Waals surface area contributed by atoms with Crippen LogP contribution in [0, 0.1) is 6.92 Å². The highest BCUT2D eigenvalue weighted by Gasteiger charge is 2.39. The van der Waals surface area contributed by atoms with Crippen molar-refractivity contribution in [2.75, 3.05) is 0 Å². The van der Waals surface area contributed by atoms with Gasteiger partial charge < -0.3 is 10.2 Å². The third-order valence-corrected chi connectivity index (χ3v) is 6.03. The summed E-state index contributed by atoms with van der Waals surface area (Å²) in [5.41, 5.74) is 4.28. The first kappa shape index (κ1) is 16.7. The summed E-state index contributed by atoms with van der Waals surface area (Å²) in [5, 5.41) is 21.9. The topological polar surface area (TPSA) is 66.2 Å². The third kappa shape index (κ3) is 2.77. The van der Waals surface area contributed by atoms with Crippen LogP contribution in [-0.2, 0) is 30.5 Å². The van der Waals surface area contributed by atoms with Gasteiger partial charge in [0.25, 0.3) is 0 Å². The van der Waals surface area contributed by atoms with Gasteiger partial charge in [0.15, 0.2) is 0 Å². The molecule has 0 amide bonds. The summed E-state index contributed by atoms with van der Waals surface area (Å²) < 4.78 is 0. The van der Waals surface area contributed by atoms with E-state index in [0.717, 1.165) is 59.6 Å². The summed E-state index contributed by atoms with van der Waals surface area (Å²) >= 11 is 0. The molecule has 2 heterocycles. The molecule has 25 heavy (non-hydrogen) atoms. The van der Waals surface area contributed by atoms with E-state index in [9.17, 15) is 10.2 Å². The summed E-state index contributed by atoms with van der Waals surface area (Å²) in [6, 6.07) is 8.24. The molecule has 4 rings (SSSR count). The zero-order valence-corrected chi connectivity index (χ0v) is 15.0. The first-order valence-electron chi connectivity index (χ1n) is 9.34. The van der Waals surface area contributed by atoms with Gasteiger partial charge in [-0.2, -0.15) is 0 Å². The van der Waals surface area contributed by atoms with Crippen LogP contribution in [0.3, 0.4) is 0 Å². The molecule has 0 saturated heterocycles. The number of fused-ring (bicyclic) bond motifs is 2. The summed E-state index contributed by atoms with van der Waals surface area (Å²) in [6.45, 7) is 3.97. The minimum atomic E-state index is -0.858. The second-order valence-electron chi connectivity index (χ2n) is 7.69. The molecule has 4 heteroatoms. The van der Waals surface area contributed by atoms with Crippen LogP contribution < -0.4 is 0 Å². The van der Waals surface area contributed by atoms with Crippen molar-refractivity contribution >= 4 is 0 Å². The molecule has 0 saturated carbocycles. The van der Waals surface area contributed by atoms with Gasteiger partial charge >= 0.3 is 0 Å². The van der Waals surface area contributed by atoms with Crippen LogP contribution in [0.2, 0.25) is 0 Å². The van der Waals surface area contributed by atoms with Crippen molar-refractivity contribution in [2.24, 2.45) is 0 Å². The fourth-order valence-electron chi connectivity index (χ4n) is 4.30. The molecule has 0 radical (unpaired) electrons. The summed E-state index contributed by atoms with van der Waals surface area (Å²) in [4.78, 5) is 9.36. The first-order valence-corrected chi connectivity index (χ1v) is 9.34. The maximum absolute atomic E-state index is 11.1. The first-order chi connectivity index (χ1) is 11.9. The van der Waals surface area contributed by atoms with Gasteiger partial charge in [-0.25, -0.2) is 0 Å². The van der Waals surface area contributed by atoms with Crippen LogP contribution >= 0.6 is 0 Å². The average molecular weight is 338 g/mol. The highest BCUT2D eigenvalue weighted by atomic mass is 16.3. The van der Waals surface area contributed by atoms with Crippen molar-refractivity contribution in [3.05, 3.63) is 58.2 Å². The zero-order chi connectivity index (χ0) is 17.7. The number of hydrogen-bond donors (Lipinski definition) is 2. The van der Waals surface area contributed by atoms with E-state index in [1.54, 1.807) is 0 Å². The molecule has 2 aromatic heterocycles. The van der Waals surface area contributed by atoms with Gasteiger partial charge in [-0.3, -0.25) is 9.97 Å². The Bertz CT molecular complexity index is 820. The van der Waals surface area contributed by atoms with E-state index in [-0.39, 0.29) is 0 Å². The van der Waals surface area contributed by atoms with E-state index >= 15 is 0 Å². The van der Waals surface area contributed by atoms with Crippen molar-refractivity contribution in [2.45, 2.75) is 70.0 Å². The SMILES string of the molecule is CC[C@@]1(O)CCc2ccc(CC[C@@]3(O)CCc4ccc(C)nc43)nc21. The van der Waals surface area contributed by atoms with E-state index in [0.29, 0.717) is 19.3 Å². The zero-order valence-electron chi connectivity index (χ0n) is 15.0. The molecule has 4 nitrogen and oxygen atoms in total. The lowest BCUT2D eigenvalue weighted by molar-refractivity contribution is 0.0247. The Labute approximate surface area is 149 Å². The average Bonchev–Trinajstić information content (AvgIpc) is 3.12. The van der Waals surface area contributed by atoms with Gasteiger partial charge in [-0.05, 0) is 75.1 Å². The maximum atomic E-state index is 11.1. The Morgan fingerprint density at radius 2 is 1.56 bits per heavy atom. The monoisotopic (exact) mass is 338 g/mol. The second-order valence-corrected chi connectivity index (χ2v) is 7.69. The van der Waals surface area contributed by atoms with Crippen molar-refractivity contribution in [1.29, 1.82) is 0 Å². The van der Waals surface area contributed by atoms with Crippen LogP contribution in [0.1, 0.15) is 66.5 Å². The minimum Gasteiger partial charge on any atom is -0.384 e. The Balaban J connectivity index is 1.56. The molecule has 0 aliphatic heterocycles. The van der Waals surface area contributed by atoms with E-state index in [2.05, 4.69) is 17.1 Å². The summed E-state index contributed by atoms with van der Waals surface area (Å²) in [6.07, 6.45) is 5.26. The Morgan fingerprint density at radius 3 is 2.28 bits per heavy atom. The summed E-state index contributed by atoms with van der Waals surface area (Å²) in [7, 11) is 0. The number of aromatic nitrogens is 2. The smallest absolute Gasteiger partial charge is 0.107 e. The Hall–Kier alpha value is -1.78. The predicted octanol–water partition coefficient (Wildman–Crippen LogP) is 3.10. The largest absolute Gasteiger partial charge is 0.384 e. The van der Waals surface area contributed by atoms with E-state index < -0.39 is 11.2 Å². The van der Waals surface area contributed by atoms with Gasteiger partial charge in [0.2, 0.25) is 0 Å². The van der Waals surface area contributed by atoms with E-state index in [1.807, 2.05) is 26.0 Å². The third-order valence-electron chi connectivity index (χ3n) is 6.03. The number of nitrogens with zero attached hydrogens (tertiary/aromatic N) is 2. The molecule has 2 atom stereocenters. The van der Waals surface area contributed by atoms with Crippen LogP contribution in [0.4, 0.5) is 0 Å². The Morgan fingerprint density at radius 1 is 0.920 bits per heavy atom. The molecule has 2 aliphatic rings. The highest BCUT2D eigenvalue weighted by molar-refractivity contribution is 5.35. The van der Waals surface area contributed by atoms with E-state index in [1.165, 1.54) is 0 Å². The number of pyridine rings is 2. The number of hydrogen-bond acceptors (Lipinski definition) is 4. The quantitative estimate of drug-likeness (QED) is 0.899. The summed E-state index contributed by atoms with van der Waals surface area (Å²) in [5.74, 6) is 0. The van der Waals surface area contributed by atoms with Crippen molar-refractivity contribution in [1.82, 2.24) is 9.97 Å². The molecule has 0 unspecified atom stereocenters. The number of aryl methyl sites for hydroxylation is 4. The molecule has 2 aliphatic carbocycles. The van der Waals surface area contributed by atoms with Gasteiger partial charge in [-0.15, -0.1) is 0 Å². The number of rotatable bonds is 4. The van der Waals surface area contributed by atoms with E-state index in [4.69, 9.17) is 4.98 Å². The van der Waals surface area contributed by atoms with Gasteiger partial charge in [0.05, 0.1) is 11.4 Å². The molecule has 0 bridgehead atoms. The Kier molecular flexibility index (Phi) is 3.93. The van der Waals surface area contributed by atoms with Gasteiger partial charge in [0.1, 0.15) is 11.2 Å². The maximum Gasteiger partial charge on any atom is 0.107 e. The lowest BCUT2D eigenvalue weighted by Gasteiger charge is -2.24. The normalized spacial score (nSPS) is 27.4. The highest BCUT2D eigenvalue weighted by Crippen LogP contribution is 2.40. The van der Waals surface area contributed by atoms with Gasteiger partial charge in [-0.1, -0.05) is 19.1 Å². The molecule has 2 aromatic rings. The van der Waals surface area contributed by atoms with Crippen molar-refractivity contribution < 1.29 is 10.2 Å². The molecule has 2 N–H and O–H groups in total. The van der Waals surface area contributed by atoms with Gasteiger partial charge in [0, 0.05) is 11.4 Å². The fraction of sp³-hybridized carbons (Fsp3) is 0.524.